The Morgan fingerprint density at radius 2 is 1.57 bits per heavy atom. The lowest BCUT2D eigenvalue weighted by Crippen LogP contribution is -2.00. The normalized spacial score (nSPS) is 10.0. The SMILES string of the molecule is COc1ccc(N)c(OCc2ccc(OC)c(OC)c2)c1. The minimum Gasteiger partial charge on any atom is -0.497 e. The summed E-state index contributed by atoms with van der Waals surface area (Å²) in [6.07, 6.45) is 0. The second-order valence-corrected chi connectivity index (χ2v) is 4.38. The van der Waals surface area contributed by atoms with E-state index in [9.17, 15) is 0 Å². The lowest BCUT2D eigenvalue weighted by Gasteiger charge is -2.12. The standard InChI is InChI=1S/C16H19NO4/c1-18-12-5-6-13(17)15(9-12)21-10-11-4-7-14(19-2)16(8-11)20-3/h4-9H,10,17H2,1-3H3. The van der Waals surface area contributed by atoms with E-state index in [0.717, 1.165) is 5.56 Å². The van der Waals surface area contributed by atoms with Crippen molar-refractivity contribution in [1.29, 1.82) is 0 Å². The van der Waals surface area contributed by atoms with Crippen LogP contribution < -0.4 is 24.7 Å². The van der Waals surface area contributed by atoms with Crippen LogP contribution in [0.5, 0.6) is 23.0 Å². The molecule has 112 valence electrons. The molecule has 0 spiro atoms. The van der Waals surface area contributed by atoms with E-state index in [-0.39, 0.29) is 0 Å². The van der Waals surface area contributed by atoms with E-state index >= 15 is 0 Å². The van der Waals surface area contributed by atoms with Gasteiger partial charge in [0.2, 0.25) is 0 Å². The topological polar surface area (TPSA) is 62.9 Å². The summed E-state index contributed by atoms with van der Waals surface area (Å²) in [7, 11) is 4.80. The van der Waals surface area contributed by atoms with Crippen molar-refractivity contribution in [2.75, 3.05) is 27.1 Å². The fourth-order valence-electron chi connectivity index (χ4n) is 1.90. The Morgan fingerprint density at radius 1 is 0.810 bits per heavy atom. The molecule has 21 heavy (non-hydrogen) atoms. The van der Waals surface area contributed by atoms with E-state index < -0.39 is 0 Å². The van der Waals surface area contributed by atoms with E-state index in [1.165, 1.54) is 0 Å². The predicted molar refractivity (Wildman–Crippen MR) is 81.3 cm³/mol. The highest BCUT2D eigenvalue weighted by Gasteiger charge is 2.07. The molecule has 0 fully saturated rings. The number of nitrogen functional groups attached to an aromatic ring is 1. The molecule has 0 saturated heterocycles. The van der Waals surface area contributed by atoms with Crippen molar-refractivity contribution in [2.45, 2.75) is 6.61 Å². The van der Waals surface area contributed by atoms with Crippen molar-refractivity contribution in [3.05, 3.63) is 42.0 Å². The Morgan fingerprint density at radius 3 is 2.24 bits per heavy atom. The van der Waals surface area contributed by atoms with Gasteiger partial charge in [-0.1, -0.05) is 6.07 Å². The van der Waals surface area contributed by atoms with Gasteiger partial charge in [0.05, 0.1) is 27.0 Å². The monoisotopic (exact) mass is 289 g/mol. The van der Waals surface area contributed by atoms with Crippen LogP contribution in [-0.2, 0) is 6.61 Å². The Labute approximate surface area is 124 Å². The Hall–Kier alpha value is -2.56. The van der Waals surface area contributed by atoms with Crippen molar-refractivity contribution in [2.24, 2.45) is 0 Å². The fraction of sp³-hybridized carbons (Fsp3) is 0.250. The van der Waals surface area contributed by atoms with E-state index in [0.29, 0.717) is 35.3 Å². The summed E-state index contributed by atoms with van der Waals surface area (Å²) < 4.78 is 21.4. The number of ether oxygens (including phenoxy) is 4. The van der Waals surface area contributed by atoms with Crippen molar-refractivity contribution < 1.29 is 18.9 Å². The first-order valence-corrected chi connectivity index (χ1v) is 6.45. The van der Waals surface area contributed by atoms with Crippen LogP contribution in [-0.4, -0.2) is 21.3 Å². The number of nitrogens with two attached hydrogens (primary N) is 1. The fourth-order valence-corrected chi connectivity index (χ4v) is 1.90. The predicted octanol–water partition coefficient (Wildman–Crippen LogP) is 2.87. The summed E-state index contributed by atoms with van der Waals surface area (Å²) in [4.78, 5) is 0. The molecule has 0 atom stereocenters. The number of anilines is 1. The Bertz CT molecular complexity index is 613. The minimum atomic E-state index is 0.373. The third-order valence-electron chi connectivity index (χ3n) is 3.06. The summed E-state index contributed by atoms with van der Waals surface area (Å²) >= 11 is 0. The van der Waals surface area contributed by atoms with Crippen LogP contribution in [0.2, 0.25) is 0 Å². The number of hydrogen-bond acceptors (Lipinski definition) is 5. The maximum Gasteiger partial charge on any atom is 0.161 e. The van der Waals surface area contributed by atoms with Gasteiger partial charge in [-0.15, -0.1) is 0 Å². The highest BCUT2D eigenvalue weighted by molar-refractivity contribution is 5.55. The first kappa shape index (κ1) is 14.8. The lowest BCUT2D eigenvalue weighted by atomic mass is 10.2. The van der Waals surface area contributed by atoms with Crippen LogP contribution in [0.15, 0.2) is 36.4 Å². The average molecular weight is 289 g/mol. The maximum absolute atomic E-state index is 5.88. The van der Waals surface area contributed by atoms with Crippen LogP contribution in [0.1, 0.15) is 5.56 Å². The zero-order valence-electron chi connectivity index (χ0n) is 12.4. The molecule has 0 aliphatic carbocycles. The summed E-state index contributed by atoms with van der Waals surface area (Å²) in [5.74, 6) is 2.63. The van der Waals surface area contributed by atoms with Gasteiger partial charge in [-0.05, 0) is 29.8 Å². The average Bonchev–Trinajstić information content (AvgIpc) is 2.53. The molecule has 2 rings (SSSR count). The molecule has 0 aromatic heterocycles. The molecule has 0 aliphatic heterocycles. The van der Waals surface area contributed by atoms with Crippen LogP contribution in [0.4, 0.5) is 5.69 Å². The van der Waals surface area contributed by atoms with Gasteiger partial charge >= 0.3 is 0 Å². The van der Waals surface area contributed by atoms with Gasteiger partial charge < -0.3 is 24.7 Å². The van der Waals surface area contributed by atoms with Gasteiger partial charge in [0.25, 0.3) is 0 Å². The smallest absolute Gasteiger partial charge is 0.161 e. The maximum atomic E-state index is 5.88. The van der Waals surface area contributed by atoms with Crippen LogP contribution >= 0.6 is 0 Å². The van der Waals surface area contributed by atoms with Crippen LogP contribution in [0.3, 0.4) is 0 Å². The molecule has 2 aromatic carbocycles. The summed E-state index contributed by atoms with van der Waals surface area (Å²) in [6.45, 7) is 0.373. The summed E-state index contributed by atoms with van der Waals surface area (Å²) in [6, 6.07) is 10.9. The molecule has 0 heterocycles. The van der Waals surface area contributed by atoms with Gasteiger partial charge in [0.15, 0.2) is 11.5 Å². The molecular formula is C16H19NO4. The van der Waals surface area contributed by atoms with Gasteiger partial charge in [-0.25, -0.2) is 0 Å². The number of methoxy groups -OCH3 is 3. The molecule has 0 bridgehead atoms. The van der Waals surface area contributed by atoms with Crippen molar-refractivity contribution in [1.82, 2.24) is 0 Å². The quantitative estimate of drug-likeness (QED) is 0.828. The minimum absolute atomic E-state index is 0.373. The molecule has 2 N–H and O–H groups in total. The summed E-state index contributed by atoms with van der Waals surface area (Å²) in [5, 5.41) is 0. The van der Waals surface area contributed by atoms with Crippen LogP contribution in [0.25, 0.3) is 0 Å². The van der Waals surface area contributed by atoms with E-state index in [1.807, 2.05) is 18.2 Å². The molecule has 0 aliphatic rings. The zero-order chi connectivity index (χ0) is 15.2. The molecule has 5 nitrogen and oxygen atoms in total. The van der Waals surface area contributed by atoms with Gasteiger partial charge in [-0.3, -0.25) is 0 Å². The first-order valence-electron chi connectivity index (χ1n) is 6.45. The van der Waals surface area contributed by atoms with E-state index in [1.54, 1.807) is 39.5 Å². The largest absolute Gasteiger partial charge is 0.497 e. The molecule has 5 heteroatoms. The second-order valence-electron chi connectivity index (χ2n) is 4.38. The van der Waals surface area contributed by atoms with Crippen molar-refractivity contribution in [3.8, 4) is 23.0 Å². The van der Waals surface area contributed by atoms with Gasteiger partial charge in [0.1, 0.15) is 18.1 Å². The number of hydrogen-bond donors (Lipinski definition) is 1. The second kappa shape index (κ2) is 6.74. The highest BCUT2D eigenvalue weighted by Crippen LogP contribution is 2.30. The highest BCUT2D eigenvalue weighted by atomic mass is 16.5. The Balaban J connectivity index is 2.13. The zero-order valence-corrected chi connectivity index (χ0v) is 12.4. The van der Waals surface area contributed by atoms with Crippen molar-refractivity contribution in [3.63, 3.8) is 0 Å². The summed E-state index contributed by atoms with van der Waals surface area (Å²) in [5.41, 5.74) is 7.40. The number of rotatable bonds is 6. The molecule has 0 saturated carbocycles. The molecular weight excluding hydrogens is 270 g/mol. The van der Waals surface area contributed by atoms with E-state index in [2.05, 4.69) is 0 Å². The molecule has 0 radical (unpaired) electrons. The molecule has 0 amide bonds. The first-order chi connectivity index (χ1) is 10.2. The molecule has 2 aromatic rings. The number of benzene rings is 2. The van der Waals surface area contributed by atoms with Gasteiger partial charge in [-0.2, -0.15) is 0 Å². The third kappa shape index (κ3) is 3.51. The lowest BCUT2D eigenvalue weighted by molar-refractivity contribution is 0.303. The van der Waals surface area contributed by atoms with Crippen molar-refractivity contribution >= 4 is 5.69 Å². The third-order valence-corrected chi connectivity index (χ3v) is 3.06. The van der Waals surface area contributed by atoms with Crippen LogP contribution in [0, 0.1) is 0 Å². The molecule has 0 unspecified atom stereocenters. The Kier molecular flexibility index (Phi) is 4.77. The van der Waals surface area contributed by atoms with Gasteiger partial charge in [0, 0.05) is 6.07 Å². The van der Waals surface area contributed by atoms with E-state index in [4.69, 9.17) is 24.7 Å².